The molecule has 24 heavy (non-hydrogen) atoms. The Kier molecular flexibility index (Phi) is 7.45. The molecule has 3 rings (SSSR count). The van der Waals surface area contributed by atoms with Crippen LogP contribution in [0.3, 0.4) is 0 Å². The molecule has 1 aromatic rings. The van der Waals surface area contributed by atoms with Gasteiger partial charge in [0.25, 0.3) is 0 Å². The molecule has 0 saturated heterocycles. The number of halogens is 1. The van der Waals surface area contributed by atoms with Crippen LogP contribution in [0.1, 0.15) is 38.7 Å². The third kappa shape index (κ3) is 5.16. The van der Waals surface area contributed by atoms with Crippen LogP contribution in [0.25, 0.3) is 0 Å². The average Bonchev–Trinajstić information content (AvgIpc) is 3.10. The van der Waals surface area contributed by atoms with Gasteiger partial charge in [-0.25, -0.2) is 0 Å². The lowest BCUT2D eigenvalue weighted by molar-refractivity contribution is 0.174. The van der Waals surface area contributed by atoms with Crippen LogP contribution in [0.4, 0.5) is 0 Å². The van der Waals surface area contributed by atoms with Gasteiger partial charge in [0.15, 0.2) is 17.5 Å². The van der Waals surface area contributed by atoms with Crippen LogP contribution in [0.2, 0.25) is 0 Å². The Balaban J connectivity index is 0.00000208. The zero-order valence-electron chi connectivity index (χ0n) is 14.5. The summed E-state index contributed by atoms with van der Waals surface area (Å²) in [6.45, 7) is 6.33. The highest BCUT2D eigenvalue weighted by atomic mass is 127. The minimum atomic E-state index is 0. The molecule has 1 aliphatic carbocycles. The number of nitrogens with one attached hydrogen (secondary N) is 2. The second-order valence-corrected chi connectivity index (χ2v) is 6.23. The minimum absolute atomic E-state index is 0. The van der Waals surface area contributed by atoms with Crippen LogP contribution in [0.5, 0.6) is 11.5 Å². The van der Waals surface area contributed by atoms with Crippen molar-refractivity contribution in [2.75, 3.05) is 19.9 Å². The van der Waals surface area contributed by atoms with E-state index in [1.54, 1.807) is 0 Å². The molecule has 2 N–H and O–H groups in total. The molecule has 1 saturated carbocycles. The fourth-order valence-corrected chi connectivity index (χ4v) is 3.00. The molecule has 2 unspecified atom stereocenters. The predicted octanol–water partition coefficient (Wildman–Crippen LogP) is 3.32. The van der Waals surface area contributed by atoms with Gasteiger partial charge < -0.3 is 20.1 Å². The summed E-state index contributed by atoms with van der Waals surface area (Å²) in [5.41, 5.74) is 1.23. The highest BCUT2D eigenvalue weighted by Gasteiger charge is 2.36. The van der Waals surface area contributed by atoms with E-state index in [2.05, 4.69) is 36.6 Å². The Bertz CT molecular complexity index is 565. The van der Waals surface area contributed by atoms with Crippen LogP contribution in [-0.2, 0) is 6.42 Å². The van der Waals surface area contributed by atoms with Crippen molar-refractivity contribution in [1.82, 2.24) is 10.6 Å². The van der Waals surface area contributed by atoms with Crippen molar-refractivity contribution >= 4 is 29.9 Å². The summed E-state index contributed by atoms with van der Waals surface area (Å²) in [6, 6.07) is 6.72. The second-order valence-electron chi connectivity index (χ2n) is 6.23. The first kappa shape index (κ1) is 19.1. The monoisotopic (exact) mass is 445 g/mol. The van der Waals surface area contributed by atoms with E-state index in [4.69, 9.17) is 14.5 Å². The molecule has 2 aliphatic rings. The van der Waals surface area contributed by atoms with Gasteiger partial charge >= 0.3 is 0 Å². The molecule has 1 aromatic carbocycles. The van der Waals surface area contributed by atoms with Crippen molar-refractivity contribution in [3.8, 4) is 11.5 Å². The largest absolute Gasteiger partial charge is 0.454 e. The van der Waals surface area contributed by atoms with E-state index >= 15 is 0 Å². The molecule has 1 fully saturated rings. The highest BCUT2D eigenvalue weighted by molar-refractivity contribution is 14.0. The Morgan fingerprint density at radius 2 is 2.08 bits per heavy atom. The number of rotatable bonds is 7. The molecule has 5 nitrogen and oxygen atoms in total. The van der Waals surface area contributed by atoms with Gasteiger partial charge in [-0.05, 0) is 49.8 Å². The molecule has 0 aromatic heterocycles. The summed E-state index contributed by atoms with van der Waals surface area (Å²) >= 11 is 0. The number of benzene rings is 1. The number of aliphatic imine (C=N–C) groups is 1. The SMILES string of the molecule is CCCC1CC1NC(=NCCc1ccc2c(c1)OCO2)NCC.I. The van der Waals surface area contributed by atoms with Gasteiger partial charge in [0.05, 0.1) is 0 Å². The number of guanidine groups is 1. The number of hydrogen-bond acceptors (Lipinski definition) is 3. The van der Waals surface area contributed by atoms with Crippen molar-refractivity contribution in [2.45, 2.75) is 45.6 Å². The van der Waals surface area contributed by atoms with E-state index in [0.717, 1.165) is 42.9 Å². The van der Waals surface area contributed by atoms with Crippen LogP contribution >= 0.6 is 24.0 Å². The number of hydrogen-bond donors (Lipinski definition) is 2. The first-order valence-corrected chi connectivity index (χ1v) is 8.73. The van der Waals surface area contributed by atoms with Gasteiger partial charge in [0.1, 0.15) is 0 Å². The Hall–Kier alpha value is -1.18. The first-order chi connectivity index (χ1) is 11.3. The van der Waals surface area contributed by atoms with Crippen molar-refractivity contribution in [3.63, 3.8) is 0 Å². The molecule has 6 heteroatoms. The molecule has 134 valence electrons. The van der Waals surface area contributed by atoms with E-state index in [1.807, 2.05) is 6.07 Å². The zero-order valence-corrected chi connectivity index (χ0v) is 16.8. The number of ether oxygens (including phenoxy) is 2. The van der Waals surface area contributed by atoms with Gasteiger partial charge in [-0.3, -0.25) is 4.99 Å². The Morgan fingerprint density at radius 3 is 2.88 bits per heavy atom. The standard InChI is InChI=1S/C18H27N3O2.HI/c1-3-5-14-11-15(14)21-18(19-4-2)20-9-8-13-6-7-16-17(10-13)23-12-22-16;/h6-7,10,14-15H,3-5,8-9,11-12H2,1-2H3,(H2,19,20,21);1H. The lowest BCUT2D eigenvalue weighted by Gasteiger charge is -2.11. The molecule has 1 aliphatic heterocycles. The predicted molar refractivity (Wildman–Crippen MR) is 108 cm³/mol. The van der Waals surface area contributed by atoms with E-state index in [0.29, 0.717) is 12.8 Å². The lowest BCUT2D eigenvalue weighted by Crippen LogP contribution is -2.39. The molecular weight excluding hydrogens is 417 g/mol. The average molecular weight is 445 g/mol. The lowest BCUT2D eigenvalue weighted by atomic mass is 10.1. The molecule has 0 radical (unpaired) electrons. The highest BCUT2D eigenvalue weighted by Crippen LogP contribution is 2.34. The molecule has 2 atom stereocenters. The molecule has 0 amide bonds. The quantitative estimate of drug-likeness (QED) is 0.384. The maximum absolute atomic E-state index is 5.42. The Labute approximate surface area is 161 Å². The molecule has 1 heterocycles. The maximum Gasteiger partial charge on any atom is 0.231 e. The van der Waals surface area contributed by atoms with Crippen LogP contribution in [0.15, 0.2) is 23.2 Å². The molecule has 0 spiro atoms. The topological polar surface area (TPSA) is 54.9 Å². The Morgan fingerprint density at radius 1 is 1.25 bits per heavy atom. The summed E-state index contributed by atoms with van der Waals surface area (Å²) in [4.78, 5) is 4.70. The van der Waals surface area contributed by atoms with Crippen molar-refractivity contribution in [1.29, 1.82) is 0 Å². The van der Waals surface area contributed by atoms with Crippen LogP contribution in [-0.4, -0.2) is 31.9 Å². The first-order valence-electron chi connectivity index (χ1n) is 8.73. The van der Waals surface area contributed by atoms with Crippen LogP contribution < -0.4 is 20.1 Å². The summed E-state index contributed by atoms with van der Waals surface area (Å²) < 4.78 is 10.8. The smallest absolute Gasteiger partial charge is 0.231 e. The van der Waals surface area contributed by atoms with E-state index < -0.39 is 0 Å². The normalized spacial score (nSPS) is 21.2. The minimum Gasteiger partial charge on any atom is -0.454 e. The summed E-state index contributed by atoms with van der Waals surface area (Å²) in [6.07, 6.45) is 4.76. The fraction of sp³-hybridized carbons (Fsp3) is 0.611. The van der Waals surface area contributed by atoms with Gasteiger partial charge in [0.2, 0.25) is 6.79 Å². The van der Waals surface area contributed by atoms with Gasteiger partial charge in [0, 0.05) is 19.1 Å². The van der Waals surface area contributed by atoms with Crippen molar-refractivity contribution in [2.24, 2.45) is 10.9 Å². The van der Waals surface area contributed by atoms with E-state index in [1.165, 1.54) is 24.8 Å². The van der Waals surface area contributed by atoms with Gasteiger partial charge in [-0.15, -0.1) is 24.0 Å². The second kappa shape index (κ2) is 9.34. The number of fused-ring (bicyclic) bond motifs is 1. The van der Waals surface area contributed by atoms with Gasteiger partial charge in [-0.1, -0.05) is 19.4 Å². The molecule has 0 bridgehead atoms. The third-order valence-corrected chi connectivity index (χ3v) is 4.36. The molecular formula is C18H28IN3O2. The van der Waals surface area contributed by atoms with Crippen LogP contribution in [0, 0.1) is 5.92 Å². The summed E-state index contributed by atoms with van der Waals surface area (Å²) in [7, 11) is 0. The maximum atomic E-state index is 5.42. The van der Waals surface area contributed by atoms with E-state index in [9.17, 15) is 0 Å². The van der Waals surface area contributed by atoms with Gasteiger partial charge in [-0.2, -0.15) is 0 Å². The summed E-state index contributed by atoms with van der Waals surface area (Å²) in [5, 5.41) is 6.89. The fourth-order valence-electron chi connectivity index (χ4n) is 3.00. The van der Waals surface area contributed by atoms with Crippen molar-refractivity contribution in [3.05, 3.63) is 23.8 Å². The third-order valence-electron chi connectivity index (χ3n) is 4.36. The zero-order chi connectivity index (χ0) is 16.1. The number of nitrogens with zero attached hydrogens (tertiary/aromatic N) is 1. The summed E-state index contributed by atoms with van der Waals surface area (Å²) in [5.74, 6) is 3.45. The van der Waals surface area contributed by atoms with E-state index in [-0.39, 0.29) is 24.0 Å². The van der Waals surface area contributed by atoms with Crippen molar-refractivity contribution < 1.29 is 9.47 Å².